The fraction of sp³-hybridized carbons (Fsp3) is 0.143. The van der Waals surface area contributed by atoms with E-state index in [1.165, 1.54) is 12.1 Å². The van der Waals surface area contributed by atoms with Crippen LogP contribution < -0.4 is 0 Å². The predicted octanol–water partition coefficient (Wildman–Crippen LogP) is 5.93. The molecule has 0 amide bonds. The van der Waals surface area contributed by atoms with Gasteiger partial charge < -0.3 is 0 Å². The van der Waals surface area contributed by atoms with Crippen molar-refractivity contribution in [2.24, 2.45) is 0 Å². The summed E-state index contributed by atoms with van der Waals surface area (Å²) in [6, 6.07) is 10.1. The van der Waals surface area contributed by atoms with Crippen LogP contribution in [0.2, 0.25) is 10.0 Å². The molecule has 0 aliphatic heterocycles. The summed E-state index contributed by atoms with van der Waals surface area (Å²) in [5.41, 5.74) is 2.78. The number of rotatable bonds is 2. The molecule has 0 N–H and O–H groups in total. The minimum Gasteiger partial charge on any atom is -0.207 e. The maximum absolute atomic E-state index is 13.1. The Balaban J connectivity index is 2.44. The van der Waals surface area contributed by atoms with Gasteiger partial charge in [-0.2, -0.15) is 0 Å². The number of hydrogen-bond donors (Lipinski definition) is 0. The average Bonchev–Trinajstić information content (AvgIpc) is 2.28. The van der Waals surface area contributed by atoms with Crippen LogP contribution in [0.4, 0.5) is 4.39 Å². The van der Waals surface area contributed by atoms with Crippen molar-refractivity contribution in [2.75, 3.05) is 0 Å². The van der Waals surface area contributed by atoms with Crippen molar-refractivity contribution in [3.63, 3.8) is 0 Å². The molecule has 94 valence electrons. The number of alkyl halides is 1. The first-order valence-electron chi connectivity index (χ1n) is 5.34. The monoisotopic (exact) mass is 346 g/mol. The van der Waals surface area contributed by atoms with E-state index in [1.54, 1.807) is 18.2 Å². The molecule has 0 aliphatic rings. The topological polar surface area (TPSA) is 0 Å². The smallest absolute Gasteiger partial charge is 0.123 e. The van der Waals surface area contributed by atoms with E-state index in [0.717, 1.165) is 16.7 Å². The Kier molecular flexibility index (Phi) is 4.31. The average molecular weight is 348 g/mol. The lowest BCUT2D eigenvalue weighted by Crippen LogP contribution is -1.97. The lowest BCUT2D eigenvalue weighted by atomic mass is 10.0. The first-order chi connectivity index (χ1) is 8.49. The lowest BCUT2D eigenvalue weighted by Gasteiger charge is -2.15. The van der Waals surface area contributed by atoms with Crippen LogP contribution in [0.15, 0.2) is 36.4 Å². The van der Waals surface area contributed by atoms with Crippen molar-refractivity contribution in [3.05, 3.63) is 69.0 Å². The summed E-state index contributed by atoms with van der Waals surface area (Å²) in [6.07, 6.45) is 0. The fourth-order valence-corrected chi connectivity index (χ4v) is 3.36. The second kappa shape index (κ2) is 5.60. The Morgan fingerprint density at radius 3 is 2.33 bits per heavy atom. The van der Waals surface area contributed by atoms with E-state index < -0.39 is 0 Å². The Bertz CT molecular complexity index is 533. The molecule has 0 saturated heterocycles. The van der Waals surface area contributed by atoms with Crippen molar-refractivity contribution >= 4 is 39.1 Å². The van der Waals surface area contributed by atoms with Gasteiger partial charge in [-0.25, -0.2) is 4.39 Å². The molecule has 1 unspecified atom stereocenters. The van der Waals surface area contributed by atoms with Crippen LogP contribution in [-0.2, 0) is 0 Å². The standard InChI is InChI=1S/C14H10BrCl2F/c1-8-6-10(18)3-5-11(8)14(15)12-4-2-9(16)7-13(12)17/h2-7,14H,1H3. The Labute approximate surface area is 124 Å². The summed E-state index contributed by atoms with van der Waals surface area (Å²) in [5.74, 6) is -0.238. The lowest BCUT2D eigenvalue weighted by molar-refractivity contribution is 0.626. The quantitative estimate of drug-likeness (QED) is 0.591. The molecular weight excluding hydrogens is 338 g/mol. The van der Waals surface area contributed by atoms with Gasteiger partial charge in [0.2, 0.25) is 0 Å². The van der Waals surface area contributed by atoms with Crippen molar-refractivity contribution in [1.82, 2.24) is 0 Å². The molecule has 0 aromatic heterocycles. The predicted molar refractivity (Wildman–Crippen MR) is 78.4 cm³/mol. The van der Waals surface area contributed by atoms with Crippen LogP contribution in [-0.4, -0.2) is 0 Å². The molecule has 1 atom stereocenters. The highest BCUT2D eigenvalue weighted by atomic mass is 79.9. The normalized spacial score (nSPS) is 12.5. The molecule has 0 aliphatic carbocycles. The molecule has 2 rings (SSSR count). The summed E-state index contributed by atoms with van der Waals surface area (Å²) in [5, 5.41) is 1.19. The minimum absolute atomic E-state index is 0.0807. The van der Waals surface area contributed by atoms with Gasteiger partial charge in [0.15, 0.2) is 0 Å². The largest absolute Gasteiger partial charge is 0.207 e. The highest BCUT2D eigenvalue weighted by Crippen LogP contribution is 2.37. The first kappa shape index (κ1) is 13.9. The van der Waals surface area contributed by atoms with Crippen LogP contribution in [0, 0.1) is 12.7 Å². The van der Waals surface area contributed by atoms with Crippen molar-refractivity contribution in [2.45, 2.75) is 11.8 Å². The van der Waals surface area contributed by atoms with Crippen LogP contribution in [0.1, 0.15) is 21.5 Å². The van der Waals surface area contributed by atoms with E-state index in [2.05, 4.69) is 15.9 Å². The Morgan fingerprint density at radius 1 is 1.06 bits per heavy atom. The van der Waals surface area contributed by atoms with E-state index in [4.69, 9.17) is 23.2 Å². The SMILES string of the molecule is Cc1cc(F)ccc1C(Br)c1ccc(Cl)cc1Cl. The van der Waals surface area contributed by atoms with Crippen LogP contribution in [0.25, 0.3) is 0 Å². The first-order valence-corrected chi connectivity index (χ1v) is 7.01. The fourth-order valence-electron chi connectivity index (χ4n) is 1.80. The highest BCUT2D eigenvalue weighted by molar-refractivity contribution is 9.09. The molecule has 0 fully saturated rings. The van der Waals surface area contributed by atoms with Crippen molar-refractivity contribution in [3.8, 4) is 0 Å². The van der Waals surface area contributed by atoms with Crippen LogP contribution in [0.5, 0.6) is 0 Å². The van der Waals surface area contributed by atoms with Gasteiger partial charge in [0, 0.05) is 10.0 Å². The molecule has 0 heterocycles. The number of halogens is 4. The summed E-state index contributed by atoms with van der Waals surface area (Å²) in [4.78, 5) is -0.0807. The molecule has 2 aromatic rings. The van der Waals surface area contributed by atoms with E-state index in [-0.39, 0.29) is 10.6 Å². The number of aryl methyl sites for hydroxylation is 1. The minimum atomic E-state index is -0.238. The summed E-state index contributed by atoms with van der Waals surface area (Å²) < 4.78 is 13.1. The van der Waals surface area contributed by atoms with E-state index >= 15 is 0 Å². The zero-order valence-electron chi connectivity index (χ0n) is 9.55. The van der Waals surface area contributed by atoms with Gasteiger partial charge in [0.1, 0.15) is 5.82 Å². The molecule has 4 heteroatoms. The van der Waals surface area contributed by atoms with E-state index in [9.17, 15) is 4.39 Å². The summed E-state index contributed by atoms with van der Waals surface area (Å²) in [7, 11) is 0. The van der Waals surface area contributed by atoms with Gasteiger partial charge in [-0.15, -0.1) is 0 Å². The molecule has 0 spiro atoms. The molecule has 18 heavy (non-hydrogen) atoms. The molecule has 2 aromatic carbocycles. The third-order valence-corrected chi connectivity index (χ3v) is 4.29. The maximum atomic E-state index is 13.1. The maximum Gasteiger partial charge on any atom is 0.123 e. The second-order valence-corrected chi connectivity index (χ2v) is 5.79. The second-order valence-electron chi connectivity index (χ2n) is 4.03. The molecule has 0 radical (unpaired) electrons. The molecule has 0 saturated carbocycles. The van der Waals surface area contributed by atoms with E-state index in [0.29, 0.717) is 10.0 Å². The van der Waals surface area contributed by atoms with Gasteiger partial charge in [0.05, 0.1) is 4.83 Å². The molecule has 0 bridgehead atoms. The third kappa shape index (κ3) is 2.87. The number of benzene rings is 2. The van der Waals surface area contributed by atoms with Crippen LogP contribution in [0.3, 0.4) is 0 Å². The van der Waals surface area contributed by atoms with Gasteiger partial charge in [-0.3, -0.25) is 0 Å². The summed E-state index contributed by atoms with van der Waals surface area (Å²) in [6.45, 7) is 1.87. The van der Waals surface area contributed by atoms with Crippen molar-refractivity contribution in [1.29, 1.82) is 0 Å². The molecule has 0 nitrogen and oxygen atoms in total. The third-order valence-electron chi connectivity index (χ3n) is 2.74. The van der Waals surface area contributed by atoms with Gasteiger partial charge >= 0.3 is 0 Å². The zero-order chi connectivity index (χ0) is 13.3. The molecular formula is C14H10BrCl2F. The summed E-state index contributed by atoms with van der Waals surface area (Å²) >= 11 is 15.6. The van der Waals surface area contributed by atoms with Gasteiger partial charge in [0.25, 0.3) is 0 Å². The van der Waals surface area contributed by atoms with Crippen LogP contribution >= 0.6 is 39.1 Å². The van der Waals surface area contributed by atoms with Gasteiger partial charge in [-0.1, -0.05) is 51.3 Å². The van der Waals surface area contributed by atoms with Gasteiger partial charge in [-0.05, 0) is 47.9 Å². The number of hydrogen-bond acceptors (Lipinski definition) is 0. The Hall–Kier alpha value is -0.570. The van der Waals surface area contributed by atoms with Crippen molar-refractivity contribution < 1.29 is 4.39 Å². The highest BCUT2D eigenvalue weighted by Gasteiger charge is 2.16. The Morgan fingerprint density at radius 2 is 1.72 bits per heavy atom. The van der Waals surface area contributed by atoms with E-state index in [1.807, 2.05) is 13.0 Å². The zero-order valence-corrected chi connectivity index (χ0v) is 12.7.